The summed E-state index contributed by atoms with van der Waals surface area (Å²) in [6, 6.07) is 19.3. The monoisotopic (exact) mass is 611 g/mol. The first-order valence-corrected chi connectivity index (χ1v) is 13.2. The maximum Gasteiger partial charge on any atom is 0.253 e. The van der Waals surface area contributed by atoms with Crippen molar-refractivity contribution in [2.45, 2.75) is 6.92 Å². The molecule has 1 aliphatic heterocycles. The zero-order valence-electron chi connectivity index (χ0n) is 20.1. The number of piperazine rings is 1. The topological polar surface area (TPSA) is 61.9 Å². The Labute approximate surface area is 228 Å². The molecule has 0 spiro atoms. The fraction of sp³-hybridized carbons (Fsp3) is 0.214. The molecule has 1 N–H and O–H groups in total. The molecular formula is C28H27Br2N3O3. The van der Waals surface area contributed by atoms with Crippen LogP contribution in [0.1, 0.15) is 21.5 Å². The lowest BCUT2D eigenvalue weighted by Gasteiger charge is -2.36. The number of anilines is 2. The van der Waals surface area contributed by atoms with Gasteiger partial charge < -0.3 is 19.9 Å². The van der Waals surface area contributed by atoms with E-state index >= 15 is 0 Å². The molecule has 3 aromatic rings. The van der Waals surface area contributed by atoms with Crippen molar-refractivity contribution in [1.29, 1.82) is 0 Å². The normalized spacial score (nSPS) is 13.7. The van der Waals surface area contributed by atoms with Crippen LogP contribution in [0.5, 0.6) is 5.75 Å². The quantitative estimate of drug-likeness (QED) is 0.340. The molecule has 0 radical (unpaired) electrons. The van der Waals surface area contributed by atoms with E-state index in [2.05, 4.69) is 42.1 Å². The van der Waals surface area contributed by atoms with Crippen LogP contribution in [0, 0.1) is 6.92 Å². The Balaban J connectivity index is 1.32. The van der Waals surface area contributed by atoms with Crippen LogP contribution in [0.25, 0.3) is 6.08 Å². The number of benzene rings is 3. The van der Waals surface area contributed by atoms with Crippen LogP contribution in [0.15, 0.2) is 75.7 Å². The molecule has 8 heteroatoms. The minimum absolute atomic E-state index is 0.0774. The Kier molecular flexibility index (Phi) is 8.48. The Bertz CT molecular complexity index is 1270. The Morgan fingerprint density at radius 1 is 0.944 bits per heavy atom. The van der Waals surface area contributed by atoms with Gasteiger partial charge in [-0.15, -0.1) is 0 Å². The van der Waals surface area contributed by atoms with Gasteiger partial charge in [0.2, 0.25) is 5.91 Å². The van der Waals surface area contributed by atoms with Gasteiger partial charge in [0.25, 0.3) is 5.91 Å². The number of hydrogen-bond donors (Lipinski definition) is 1. The van der Waals surface area contributed by atoms with Crippen molar-refractivity contribution in [3.05, 3.63) is 92.4 Å². The van der Waals surface area contributed by atoms with E-state index in [1.54, 1.807) is 13.2 Å². The summed E-state index contributed by atoms with van der Waals surface area (Å²) in [6.45, 7) is 4.88. The van der Waals surface area contributed by atoms with Gasteiger partial charge in [-0.1, -0.05) is 33.6 Å². The zero-order valence-corrected chi connectivity index (χ0v) is 23.3. The van der Waals surface area contributed by atoms with Crippen LogP contribution in [0.4, 0.5) is 11.4 Å². The summed E-state index contributed by atoms with van der Waals surface area (Å²) in [5.74, 6) is 0.505. The lowest BCUT2D eigenvalue weighted by Crippen LogP contribution is -2.48. The first-order chi connectivity index (χ1) is 17.3. The van der Waals surface area contributed by atoms with E-state index in [1.165, 1.54) is 6.08 Å². The van der Waals surface area contributed by atoms with E-state index in [0.29, 0.717) is 24.5 Å². The summed E-state index contributed by atoms with van der Waals surface area (Å²) < 4.78 is 7.10. The molecule has 1 heterocycles. The molecule has 0 bridgehead atoms. The number of nitrogens with zero attached hydrogens (tertiary/aromatic N) is 2. The maximum atomic E-state index is 12.8. The van der Waals surface area contributed by atoms with Gasteiger partial charge in [0, 0.05) is 59.2 Å². The molecule has 0 atom stereocenters. The van der Waals surface area contributed by atoms with Gasteiger partial charge in [0.1, 0.15) is 5.75 Å². The molecule has 36 heavy (non-hydrogen) atoms. The maximum absolute atomic E-state index is 12.8. The summed E-state index contributed by atoms with van der Waals surface area (Å²) in [7, 11) is 1.59. The Morgan fingerprint density at radius 3 is 2.25 bits per heavy atom. The predicted octanol–water partition coefficient (Wildman–Crippen LogP) is 6.14. The van der Waals surface area contributed by atoms with Gasteiger partial charge in [-0.25, -0.2) is 0 Å². The van der Waals surface area contributed by atoms with Crippen LogP contribution in [0.2, 0.25) is 0 Å². The summed E-state index contributed by atoms with van der Waals surface area (Å²) in [4.78, 5) is 29.4. The minimum atomic E-state index is -0.232. The first kappa shape index (κ1) is 26.0. The highest BCUT2D eigenvalue weighted by atomic mass is 79.9. The van der Waals surface area contributed by atoms with Crippen molar-refractivity contribution in [2.24, 2.45) is 0 Å². The Morgan fingerprint density at radius 2 is 1.61 bits per heavy atom. The number of amides is 2. The lowest BCUT2D eigenvalue weighted by molar-refractivity contribution is -0.111. The molecule has 1 saturated heterocycles. The van der Waals surface area contributed by atoms with Crippen LogP contribution in [0.3, 0.4) is 0 Å². The second-order valence-electron chi connectivity index (χ2n) is 8.52. The first-order valence-electron chi connectivity index (χ1n) is 11.6. The molecule has 3 aromatic carbocycles. The number of methoxy groups -OCH3 is 1. The number of carbonyl (C=O) groups excluding carboxylic acids is 2. The zero-order chi connectivity index (χ0) is 25.7. The summed E-state index contributed by atoms with van der Waals surface area (Å²) in [5, 5.41) is 2.89. The summed E-state index contributed by atoms with van der Waals surface area (Å²) in [5.41, 5.74) is 4.43. The lowest BCUT2D eigenvalue weighted by atomic mass is 10.1. The fourth-order valence-corrected chi connectivity index (χ4v) is 5.49. The molecule has 1 aliphatic rings. The van der Waals surface area contributed by atoms with Crippen LogP contribution in [-0.2, 0) is 4.79 Å². The van der Waals surface area contributed by atoms with Gasteiger partial charge in [-0.05, 0) is 77.5 Å². The number of aryl methyl sites for hydroxylation is 1. The third kappa shape index (κ3) is 6.36. The third-order valence-electron chi connectivity index (χ3n) is 6.02. The van der Waals surface area contributed by atoms with E-state index in [1.807, 2.05) is 72.5 Å². The van der Waals surface area contributed by atoms with Crippen molar-refractivity contribution >= 4 is 61.1 Å². The molecule has 0 unspecified atom stereocenters. The molecule has 6 nitrogen and oxygen atoms in total. The van der Waals surface area contributed by atoms with Crippen LogP contribution >= 0.6 is 31.9 Å². The van der Waals surface area contributed by atoms with Crippen molar-refractivity contribution < 1.29 is 14.3 Å². The molecule has 0 saturated carbocycles. The van der Waals surface area contributed by atoms with Gasteiger partial charge in [-0.3, -0.25) is 9.59 Å². The molecule has 186 valence electrons. The van der Waals surface area contributed by atoms with E-state index in [-0.39, 0.29) is 11.8 Å². The number of nitrogens with one attached hydrogen (secondary N) is 1. The fourth-order valence-electron chi connectivity index (χ4n) is 4.07. The minimum Gasteiger partial charge on any atom is -0.495 e. The summed E-state index contributed by atoms with van der Waals surface area (Å²) >= 11 is 6.93. The number of ether oxygens (including phenoxy) is 1. The molecule has 1 fully saturated rings. The second-order valence-corrected chi connectivity index (χ2v) is 10.3. The smallest absolute Gasteiger partial charge is 0.253 e. The number of rotatable bonds is 6. The molecule has 2 amide bonds. The van der Waals surface area contributed by atoms with Gasteiger partial charge in [-0.2, -0.15) is 0 Å². The highest BCUT2D eigenvalue weighted by Crippen LogP contribution is 2.33. The molecular weight excluding hydrogens is 586 g/mol. The predicted molar refractivity (Wildman–Crippen MR) is 152 cm³/mol. The average molecular weight is 613 g/mol. The van der Waals surface area contributed by atoms with E-state index in [9.17, 15) is 9.59 Å². The second kappa shape index (κ2) is 11.8. The molecule has 0 aliphatic carbocycles. The average Bonchev–Trinajstić information content (AvgIpc) is 2.88. The largest absolute Gasteiger partial charge is 0.495 e. The van der Waals surface area contributed by atoms with Crippen molar-refractivity contribution in [2.75, 3.05) is 43.5 Å². The number of hydrogen-bond acceptors (Lipinski definition) is 4. The van der Waals surface area contributed by atoms with Gasteiger partial charge in [0.15, 0.2) is 0 Å². The van der Waals surface area contributed by atoms with Crippen LogP contribution < -0.4 is 15.0 Å². The van der Waals surface area contributed by atoms with E-state index < -0.39 is 0 Å². The summed E-state index contributed by atoms with van der Waals surface area (Å²) in [6.07, 6.45) is 3.20. The van der Waals surface area contributed by atoms with Crippen molar-refractivity contribution in [3.63, 3.8) is 0 Å². The highest BCUT2D eigenvalue weighted by molar-refractivity contribution is 9.11. The standard InChI is InChI=1S/C28H27Br2N3O3/c1-19-3-5-20(6-4-19)28(35)33-15-13-32(14-16-33)24-10-8-23(9-11-24)31-26(34)12-7-21-17-22(29)18-25(30)27(21)36-2/h3-12,17-18H,13-16H2,1-2H3,(H,31,34)/b12-7+. The molecule has 0 aromatic heterocycles. The van der Waals surface area contributed by atoms with Crippen LogP contribution in [-0.4, -0.2) is 50.0 Å². The van der Waals surface area contributed by atoms with Crippen molar-refractivity contribution in [1.82, 2.24) is 4.90 Å². The van der Waals surface area contributed by atoms with E-state index in [4.69, 9.17) is 4.74 Å². The Hall–Kier alpha value is -3.10. The molecule has 4 rings (SSSR count). The number of halogens is 2. The SMILES string of the molecule is COc1c(Br)cc(Br)cc1/C=C/C(=O)Nc1ccc(N2CCN(C(=O)c3ccc(C)cc3)CC2)cc1. The number of carbonyl (C=O) groups is 2. The van der Waals surface area contributed by atoms with E-state index in [0.717, 1.165) is 44.4 Å². The van der Waals surface area contributed by atoms with Crippen molar-refractivity contribution in [3.8, 4) is 5.75 Å². The van der Waals surface area contributed by atoms with Gasteiger partial charge in [0.05, 0.1) is 11.6 Å². The highest BCUT2D eigenvalue weighted by Gasteiger charge is 2.22. The third-order valence-corrected chi connectivity index (χ3v) is 7.07. The van der Waals surface area contributed by atoms with Gasteiger partial charge >= 0.3 is 0 Å².